The Morgan fingerprint density at radius 1 is 1.20 bits per heavy atom. The summed E-state index contributed by atoms with van der Waals surface area (Å²) in [4.78, 5) is 4.60. The van der Waals surface area contributed by atoms with Gasteiger partial charge in [-0.3, -0.25) is 4.99 Å². The Balaban J connectivity index is 0.00000576. The zero-order chi connectivity index (χ0) is 17.6. The fourth-order valence-corrected chi connectivity index (χ4v) is 2.24. The number of guanidine groups is 1. The molecule has 1 rings (SSSR count). The Morgan fingerprint density at radius 2 is 1.92 bits per heavy atom. The largest absolute Gasteiger partial charge is 0.396 e. The lowest BCUT2D eigenvalue weighted by Gasteiger charge is -2.15. The number of halogens is 1. The number of aliphatic hydroxyl groups is 1. The second-order valence-corrected chi connectivity index (χ2v) is 6.26. The second-order valence-electron chi connectivity index (χ2n) is 6.26. The van der Waals surface area contributed by atoms with Crippen LogP contribution in [0.4, 0.5) is 0 Å². The Bertz CT molecular complexity index is 455. The van der Waals surface area contributed by atoms with Gasteiger partial charge in [-0.15, -0.1) is 24.0 Å². The van der Waals surface area contributed by atoms with Crippen LogP contribution in [-0.2, 0) is 4.74 Å². The first-order chi connectivity index (χ1) is 11.7. The van der Waals surface area contributed by atoms with Crippen LogP contribution in [-0.4, -0.2) is 50.5 Å². The predicted octanol–water partition coefficient (Wildman–Crippen LogP) is 3.00. The van der Waals surface area contributed by atoms with Gasteiger partial charge in [0.05, 0.1) is 13.2 Å². The van der Waals surface area contributed by atoms with Crippen molar-refractivity contribution in [3.05, 3.63) is 35.9 Å². The fraction of sp³-hybridized carbons (Fsp3) is 0.632. The van der Waals surface area contributed by atoms with Crippen molar-refractivity contribution >= 4 is 29.9 Å². The van der Waals surface area contributed by atoms with Crippen molar-refractivity contribution in [1.82, 2.24) is 10.6 Å². The summed E-state index contributed by atoms with van der Waals surface area (Å²) in [6.45, 7) is 10.2. The van der Waals surface area contributed by atoms with Crippen molar-refractivity contribution < 1.29 is 9.84 Å². The predicted molar refractivity (Wildman–Crippen MR) is 116 cm³/mol. The van der Waals surface area contributed by atoms with Gasteiger partial charge in [-0.25, -0.2) is 0 Å². The number of nitrogens with zero attached hydrogens (tertiary/aromatic N) is 1. The van der Waals surface area contributed by atoms with Crippen LogP contribution in [0.2, 0.25) is 0 Å². The normalized spacial score (nSPS) is 12.6. The van der Waals surface area contributed by atoms with Gasteiger partial charge in [0.25, 0.3) is 0 Å². The van der Waals surface area contributed by atoms with Crippen LogP contribution in [0.15, 0.2) is 35.3 Å². The van der Waals surface area contributed by atoms with Crippen molar-refractivity contribution in [2.75, 3.05) is 39.5 Å². The molecule has 1 aromatic carbocycles. The first kappa shape index (κ1) is 24.1. The molecule has 0 bridgehead atoms. The highest BCUT2D eigenvalue weighted by Gasteiger charge is 2.09. The lowest BCUT2D eigenvalue weighted by molar-refractivity contribution is 0.108. The van der Waals surface area contributed by atoms with Gasteiger partial charge in [0.1, 0.15) is 0 Å². The summed E-state index contributed by atoms with van der Waals surface area (Å²) < 4.78 is 5.58. The number of benzene rings is 1. The van der Waals surface area contributed by atoms with Crippen LogP contribution in [0.3, 0.4) is 0 Å². The van der Waals surface area contributed by atoms with Crippen LogP contribution < -0.4 is 10.6 Å². The summed E-state index contributed by atoms with van der Waals surface area (Å²) in [5.41, 5.74) is 1.11. The molecule has 1 atom stereocenters. The van der Waals surface area contributed by atoms with Gasteiger partial charge in [0.2, 0.25) is 0 Å². The molecule has 0 saturated carbocycles. The summed E-state index contributed by atoms with van der Waals surface area (Å²) in [7, 11) is 0. The molecule has 0 aliphatic rings. The van der Waals surface area contributed by atoms with E-state index in [0.717, 1.165) is 44.2 Å². The maximum atomic E-state index is 9.61. The monoisotopic (exact) mass is 463 g/mol. The van der Waals surface area contributed by atoms with Crippen LogP contribution in [0.25, 0.3) is 0 Å². The van der Waals surface area contributed by atoms with Gasteiger partial charge in [0, 0.05) is 32.2 Å². The SMILES string of the molecule is CCNC(=NCC(CO)c1ccccc1)NCCCOCC(C)C.I. The summed E-state index contributed by atoms with van der Waals surface area (Å²) in [5.74, 6) is 1.39. The minimum atomic E-state index is 0. The highest BCUT2D eigenvalue weighted by atomic mass is 127. The second kappa shape index (κ2) is 15.4. The highest BCUT2D eigenvalue weighted by Crippen LogP contribution is 2.14. The molecule has 1 unspecified atom stereocenters. The van der Waals surface area contributed by atoms with E-state index in [1.807, 2.05) is 37.3 Å². The zero-order valence-electron chi connectivity index (χ0n) is 15.7. The third-order valence-electron chi connectivity index (χ3n) is 3.51. The van der Waals surface area contributed by atoms with E-state index in [1.54, 1.807) is 0 Å². The molecule has 0 amide bonds. The number of ether oxygens (including phenoxy) is 1. The Morgan fingerprint density at radius 3 is 2.52 bits per heavy atom. The molecule has 0 aromatic heterocycles. The summed E-state index contributed by atoms with van der Waals surface area (Å²) >= 11 is 0. The van der Waals surface area contributed by atoms with Gasteiger partial charge in [-0.05, 0) is 24.8 Å². The van der Waals surface area contributed by atoms with Gasteiger partial charge in [-0.1, -0.05) is 44.2 Å². The van der Waals surface area contributed by atoms with E-state index in [0.29, 0.717) is 12.5 Å². The highest BCUT2D eigenvalue weighted by molar-refractivity contribution is 14.0. The molecular weight excluding hydrogens is 429 g/mol. The molecule has 0 aliphatic heterocycles. The average molecular weight is 463 g/mol. The Kier molecular flexibility index (Phi) is 14.9. The molecule has 1 aromatic rings. The van der Waals surface area contributed by atoms with Crippen molar-refractivity contribution in [1.29, 1.82) is 0 Å². The molecule has 6 heteroatoms. The minimum absolute atomic E-state index is 0. The van der Waals surface area contributed by atoms with E-state index in [2.05, 4.69) is 29.5 Å². The summed E-state index contributed by atoms with van der Waals surface area (Å²) in [6, 6.07) is 10.0. The topological polar surface area (TPSA) is 65.9 Å². The van der Waals surface area contributed by atoms with Crippen LogP contribution >= 0.6 is 24.0 Å². The molecule has 144 valence electrons. The molecule has 0 heterocycles. The molecular formula is C19H34IN3O2. The first-order valence-corrected chi connectivity index (χ1v) is 8.93. The summed E-state index contributed by atoms with van der Waals surface area (Å²) in [6.07, 6.45) is 0.944. The van der Waals surface area contributed by atoms with Crippen LogP contribution in [0.5, 0.6) is 0 Å². The van der Waals surface area contributed by atoms with Gasteiger partial charge in [0.15, 0.2) is 5.96 Å². The number of aliphatic imine (C=N–C) groups is 1. The van der Waals surface area contributed by atoms with Crippen molar-refractivity contribution in [3.63, 3.8) is 0 Å². The molecule has 0 saturated heterocycles. The molecule has 0 radical (unpaired) electrons. The molecule has 25 heavy (non-hydrogen) atoms. The third kappa shape index (κ3) is 11.4. The fourth-order valence-electron chi connectivity index (χ4n) is 2.24. The molecule has 0 fully saturated rings. The third-order valence-corrected chi connectivity index (χ3v) is 3.51. The van der Waals surface area contributed by atoms with Crippen molar-refractivity contribution in [3.8, 4) is 0 Å². The quantitative estimate of drug-likeness (QED) is 0.204. The molecule has 0 spiro atoms. The number of hydrogen-bond donors (Lipinski definition) is 3. The maximum Gasteiger partial charge on any atom is 0.191 e. The van der Waals surface area contributed by atoms with E-state index in [-0.39, 0.29) is 36.5 Å². The van der Waals surface area contributed by atoms with E-state index in [1.165, 1.54) is 0 Å². The lowest BCUT2D eigenvalue weighted by Crippen LogP contribution is -2.38. The van der Waals surface area contributed by atoms with Crippen molar-refractivity contribution in [2.24, 2.45) is 10.9 Å². The molecule has 3 N–H and O–H groups in total. The van der Waals surface area contributed by atoms with E-state index in [4.69, 9.17) is 4.74 Å². The van der Waals surface area contributed by atoms with E-state index < -0.39 is 0 Å². The smallest absolute Gasteiger partial charge is 0.191 e. The van der Waals surface area contributed by atoms with Crippen LogP contribution in [0, 0.1) is 5.92 Å². The standard InChI is InChI=1S/C19H33N3O2.HI/c1-4-20-19(21-11-8-12-24-15-16(2)3)22-13-18(14-23)17-9-6-5-7-10-17;/h5-7,9-10,16,18,23H,4,8,11-15H2,1-3H3,(H2,20,21,22);1H. The number of nitrogens with one attached hydrogen (secondary N) is 2. The lowest BCUT2D eigenvalue weighted by atomic mass is 10.0. The molecule has 5 nitrogen and oxygen atoms in total. The Labute approximate surface area is 169 Å². The Hall–Kier alpha value is -0.860. The number of hydrogen-bond acceptors (Lipinski definition) is 3. The van der Waals surface area contributed by atoms with Gasteiger partial charge < -0.3 is 20.5 Å². The molecule has 0 aliphatic carbocycles. The average Bonchev–Trinajstić information content (AvgIpc) is 2.59. The number of rotatable bonds is 11. The van der Waals surface area contributed by atoms with E-state index >= 15 is 0 Å². The zero-order valence-corrected chi connectivity index (χ0v) is 18.0. The summed E-state index contributed by atoms with van der Waals surface area (Å²) in [5, 5.41) is 16.2. The van der Waals surface area contributed by atoms with E-state index in [9.17, 15) is 5.11 Å². The minimum Gasteiger partial charge on any atom is -0.396 e. The van der Waals surface area contributed by atoms with Gasteiger partial charge in [-0.2, -0.15) is 0 Å². The maximum absolute atomic E-state index is 9.61. The van der Waals surface area contributed by atoms with Crippen molar-refractivity contribution in [2.45, 2.75) is 33.1 Å². The van der Waals surface area contributed by atoms with Crippen LogP contribution in [0.1, 0.15) is 38.7 Å². The number of aliphatic hydroxyl groups excluding tert-OH is 1. The first-order valence-electron chi connectivity index (χ1n) is 8.93. The van der Waals surface area contributed by atoms with Gasteiger partial charge >= 0.3 is 0 Å².